The number of ether oxygens (including phenoxy) is 1. The van der Waals surface area contributed by atoms with E-state index in [0.717, 1.165) is 5.56 Å². The summed E-state index contributed by atoms with van der Waals surface area (Å²) in [6.07, 6.45) is 7.83. The van der Waals surface area contributed by atoms with Crippen LogP contribution in [0.3, 0.4) is 0 Å². The van der Waals surface area contributed by atoms with Crippen LogP contribution in [0.5, 0.6) is 5.88 Å². The van der Waals surface area contributed by atoms with E-state index in [9.17, 15) is 4.79 Å². The summed E-state index contributed by atoms with van der Waals surface area (Å²) in [5, 5.41) is 8.77. The van der Waals surface area contributed by atoms with Crippen molar-refractivity contribution in [3.05, 3.63) is 42.4 Å². The Bertz CT molecular complexity index is 1000. The van der Waals surface area contributed by atoms with E-state index in [-0.39, 0.29) is 12.5 Å². The van der Waals surface area contributed by atoms with Crippen molar-refractivity contribution in [3.63, 3.8) is 0 Å². The van der Waals surface area contributed by atoms with Gasteiger partial charge in [0.05, 0.1) is 23.9 Å². The van der Waals surface area contributed by atoms with Crippen molar-refractivity contribution in [2.75, 3.05) is 6.61 Å². The normalized spacial score (nSPS) is 12.2. The quantitative estimate of drug-likeness (QED) is 0.656. The number of amides is 1. The molecule has 0 bridgehead atoms. The number of nitrogens with zero attached hydrogens (tertiary/aromatic N) is 4. The zero-order valence-corrected chi connectivity index (χ0v) is 14.0. The van der Waals surface area contributed by atoms with E-state index in [1.54, 1.807) is 37.7 Å². The minimum absolute atomic E-state index is 0.204. The molecule has 0 saturated heterocycles. The summed E-state index contributed by atoms with van der Waals surface area (Å²) in [5.41, 5.74) is 8.48. The fourth-order valence-electron chi connectivity index (χ4n) is 2.21. The summed E-state index contributed by atoms with van der Waals surface area (Å²) in [4.78, 5) is 27.1. The minimum atomic E-state index is -0.533. The molecule has 0 spiro atoms. The predicted octanol–water partition coefficient (Wildman–Crippen LogP) is 2.06. The molecule has 0 fully saturated rings. The zero-order valence-electron chi connectivity index (χ0n) is 14.0. The monoisotopic (exact) mass is 348 g/mol. The summed E-state index contributed by atoms with van der Waals surface area (Å²) < 4.78 is 5.45. The number of aromatic nitrogens is 4. The minimum Gasteiger partial charge on any atom is -0.476 e. The Hall–Kier alpha value is -3.73. The fourth-order valence-corrected chi connectivity index (χ4v) is 2.21. The largest absolute Gasteiger partial charge is 0.476 e. The van der Waals surface area contributed by atoms with Crippen LogP contribution in [-0.4, -0.2) is 32.4 Å². The number of nitrogens with one attached hydrogen (secondary N) is 1. The molecule has 3 N–H and O–H groups in total. The first kappa shape index (κ1) is 17.1. The molecule has 0 aliphatic carbocycles. The highest BCUT2D eigenvalue weighted by molar-refractivity contribution is 5.93. The summed E-state index contributed by atoms with van der Waals surface area (Å²) in [6, 6.07) is 5.64. The van der Waals surface area contributed by atoms with Crippen LogP contribution >= 0.6 is 0 Å². The van der Waals surface area contributed by atoms with Crippen LogP contribution in [0.1, 0.15) is 12.5 Å². The molecule has 0 aliphatic rings. The van der Waals surface area contributed by atoms with Gasteiger partial charge in [0.2, 0.25) is 11.8 Å². The van der Waals surface area contributed by atoms with E-state index in [2.05, 4.69) is 26.0 Å². The van der Waals surface area contributed by atoms with Gasteiger partial charge >= 0.3 is 0 Å². The van der Waals surface area contributed by atoms with E-state index in [1.165, 1.54) is 6.08 Å². The average molecular weight is 348 g/mol. The number of nitrogens with two attached hydrogens (primary N) is 1. The van der Waals surface area contributed by atoms with E-state index >= 15 is 0 Å². The van der Waals surface area contributed by atoms with Crippen molar-refractivity contribution in [2.24, 2.45) is 11.7 Å². The van der Waals surface area contributed by atoms with Crippen LogP contribution < -0.4 is 10.5 Å². The van der Waals surface area contributed by atoms with Crippen molar-refractivity contribution in [1.82, 2.24) is 19.9 Å². The lowest BCUT2D eigenvalue weighted by atomic mass is 10.2. The van der Waals surface area contributed by atoms with Gasteiger partial charge in [-0.2, -0.15) is 5.26 Å². The van der Waals surface area contributed by atoms with Crippen LogP contribution in [-0.2, 0) is 4.79 Å². The molecule has 26 heavy (non-hydrogen) atoms. The van der Waals surface area contributed by atoms with Gasteiger partial charge in [-0.3, -0.25) is 4.79 Å². The Morgan fingerprint density at radius 2 is 2.27 bits per heavy atom. The number of carbonyl (C=O) groups is 1. The number of hydrogen-bond acceptors (Lipinski definition) is 6. The van der Waals surface area contributed by atoms with E-state index in [0.29, 0.717) is 28.3 Å². The highest BCUT2D eigenvalue weighted by Crippen LogP contribution is 2.22. The SMILES string of the molecule is C[C@H](C#N)COc1ccc(-c2cnc3[nH]cc(/C=C/C(N)=O)c3n2)cn1. The summed E-state index contributed by atoms with van der Waals surface area (Å²) in [6.45, 7) is 2.06. The lowest BCUT2D eigenvalue weighted by molar-refractivity contribution is -0.113. The molecule has 0 unspecified atom stereocenters. The average Bonchev–Trinajstić information content (AvgIpc) is 3.07. The fraction of sp³-hybridized carbons (Fsp3) is 0.167. The second kappa shape index (κ2) is 7.44. The number of aromatic amines is 1. The Kier molecular flexibility index (Phi) is 4.90. The van der Waals surface area contributed by atoms with Gasteiger partial charge in [0, 0.05) is 35.7 Å². The van der Waals surface area contributed by atoms with Gasteiger partial charge in [0.1, 0.15) is 12.1 Å². The Balaban J connectivity index is 1.85. The van der Waals surface area contributed by atoms with E-state index < -0.39 is 5.91 Å². The topological polar surface area (TPSA) is 131 Å². The van der Waals surface area contributed by atoms with Crippen molar-refractivity contribution in [3.8, 4) is 23.2 Å². The Morgan fingerprint density at radius 1 is 1.42 bits per heavy atom. The molecular formula is C18H16N6O2. The lowest BCUT2D eigenvalue weighted by Crippen LogP contribution is -2.06. The van der Waals surface area contributed by atoms with E-state index in [1.807, 2.05) is 6.07 Å². The lowest BCUT2D eigenvalue weighted by Gasteiger charge is -2.07. The first-order valence-electron chi connectivity index (χ1n) is 7.87. The molecule has 3 heterocycles. The summed E-state index contributed by atoms with van der Waals surface area (Å²) >= 11 is 0. The van der Waals surface area contributed by atoms with Gasteiger partial charge in [-0.1, -0.05) is 0 Å². The molecule has 0 saturated carbocycles. The van der Waals surface area contributed by atoms with Crippen LogP contribution in [0.15, 0.2) is 36.8 Å². The van der Waals surface area contributed by atoms with Crippen LogP contribution in [0.25, 0.3) is 28.5 Å². The van der Waals surface area contributed by atoms with Crippen LogP contribution in [0.2, 0.25) is 0 Å². The standard InChI is InChI=1S/C18H16N6O2/c1-11(6-19)10-26-16-5-3-12(7-21-16)14-9-23-18-17(24-14)13(8-22-18)2-4-15(20)25/h2-5,7-9,11H,10H2,1H3,(H2,20,25)(H,22,23)/b4-2+/t11-/m1/s1. The van der Waals surface area contributed by atoms with Gasteiger partial charge in [0.25, 0.3) is 0 Å². The molecule has 0 radical (unpaired) electrons. The van der Waals surface area contributed by atoms with Gasteiger partial charge in [-0.05, 0) is 19.1 Å². The number of carbonyl (C=O) groups excluding carboxylic acids is 1. The highest BCUT2D eigenvalue weighted by Gasteiger charge is 2.09. The highest BCUT2D eigenvalue weighted by atomic mass is 16.5. The first-order valence-corrected chi connectivity index (χ1v) is 7.87. The maximum absolute atomic E-state index is 10.9. The summed E-state index contributed by atoms with van der Waals surface area (Å²) in [7, 11) is 0. The molecule has 1 atom stereocenters. The predicted molar refractivity (Wildman–Crippen MR) is 95.6 cm³/mol. The molecule has 8 heteroatoms. The number of rotatable bonds is 6. The number of pyridine rings is 1. The molecule has 0 aliphatic heterocycles. The van der Waals surface area contributed by atoms with Gasteiger partial charge < -0.3 is 15.5 Å². The summed E-state index contributed by atoms with van der Waals surface area (Å²) in [5.74, 6) is -0.296. The molecule has 130 valence electrons. The van der Waals surface area contributed by atoms with Crippen LogP contribution in [0.4, 0.5) is 0 Å². The maximum Gasteiger partial charge on any atom is 0.241 e. The molecule has 8 nitrogen and oxygen atoms in total. The third-order valence-electron chi connectivity index (χ3n) is 3.57. The van der Waals surface area contributed by atoms with E-state index in [4.69, 9.17) is 15.7 Å². The molecular weight excluding hydrogens is 332 g/mol. The maximum atomic E-state index is 10.9. The molecule has 1 amide bonds. The molecule has 3 aromatic heterocycles. The second-order valence-corrected chi connectivity index (χ2v) is 5.66. The zero-order chi connectivity index (χ0) is 18.5. The number of hydrogen-bond donors (Lipinski definition) is 2. The van der Waals surface area contributed by atoms with Gasteiger partial charge in [-0.25, -0.2) is 15.0 Å². The number of fused-ring (bicyclic) bond motifs is 1. The molecule has 0 aromatic carbocycles. The first-order chi connectivity index (χ1) is 12.6. The van der Waals surface area contributed by atoms with Crippen molar-refractivity contribution >= 4 is 23.1 Å². The second-order valence-electron chi connectivity index (χ2n) is 5.66. The van der Waals surface area contributed by atoms with Gasteiger partial charge in [0.15, 0.2) is 5.65 Å². The van der Waals surface area contributed by atoms with Gasteiger partial charge in [-0.15, -0.1) is 0 Å². The third-order valence-corrected chi connectivity index (χ3v) is 3.57. The number of H-pyrrole nitrogens is 1. The third kappa shape index (κ3) is 3.84. The number of nitriles is 1. The molecule has 3 aromatic rings. The smallest absolute Gasteiger partial charge is 0.241 e. The van der Waals surface area contributed by atoms with Crippen molar-refractivity contribution < 1.29 is 9.53 Å². The van der Waals surface area contributed by atoms with Crippen LogP contribution in [0, 0.1) is 17.2 Å². The Morgan fingerprint density at radius 3 is 2.96 bits per heavy atom. The Labute approximate surface area is 149 Å². The number of primary amides is 1. The van der Waals surface area contributed by atoms with Crippen molar-refractivity contribution in [2.45, 2.75) is 6.92 Å². The van der Waals surface area contributed by atoms with Crippen molar-refractivity contribution in [1.29, 1.82) is 5.26 Å². The molecule has 3 rings (SSSR count).